The standard InChI is InChI=1S/C25H32N4O4/c1-16-26-23(33-27-16)18-9-7-13-28(15-18)25(31)21-14-17-8-3-5-11-20(17)29(21)24(30)19-10-4-6-12-22(19)32-2/h4,6,10,12,17-18,20-21H,3,5,7-9,11,13-15H2,1-2H3. The predicted octanol–water partition coefficient (Wildman–Crippen LogP) is 3.57. The Hall–Kier alpha value is -2.90. The van der Waals surface area contributed by atoms with Gasteiger partial charge in [0.15, 0.2) is 5.82 Å². The van der Waals surface area contributed by atoms with Crippen LogP contribution in [0.3, 0.4) is 0 Å². The van der Waals surface area contributed by atoms with Gasteiger partial charge in [-0.3, -0.25) is 9.59 Å². The summed E-state index contributed by atoms with van der Waals surface area (Å²) in [7, 11) is 1.58. The summed E-state index contributed by atoms with van der Waals surface area (Å²) in [5.74, 6) is 2.15. The highest BCUT2D eigenvalue weighted by Crippen LogP contribution is 2.42. The Kier molecular flexibility index (Phi) is 6.08. The van der Waals surface area contributed by atoms with Gasteiger partial charge in [0.05, 0.1) is 18.6 Å². The van der Waals surface area contributed by atoms with Gasteiger partial charge in [0.2, 0.25) is 11.8 Å². The molecule has 0 spiro atoms. The lowest BCUT2D eigenvalue weighted by Gasteiger charge is -2.37. The number of ether oxygens (including phenoxy) is 1. The summed E-state index contributed by atoms with van der Waals surface area (Å²) in [6.45, 7) is 3.06. The third kappa shape index (κ3) is 4.11. The van der Waals surface area contributed by atoms with E-state index in [9.17, 15) is 9.59 Å². The number of hydrogen-bond donors (Lipinski definition) is 0. The molecule has 1 aliphatic carbocycles. The van der Waals surface area contributed by atoms with E-state index in [0.717, 1.165) is 38.5 Å². The number of piperidine rings is 1. The molecule has 1 aromatic heterocycles. The zero-order valence-electron chi connectivity index (χ0n) is 19.4. The molecule has 3 aliphatic rings. The molecule has 2 aromatic rings. The highest BCUT2D eigenvalue weighted by atomic mass is 16.5. The fraction of sp³-hybridized carbons (Fsp3) is 0.600. The first-order chi connectivity index (χ1) is 16.1. The normalized spacial score (nSPS) is 27.3. The Bertz CT molecular complexity index is 1020. The topological polar surface area (TPSA) is 88.8 Å². The van der Waals surface area contributed by atoms with Crippen LogP contribution < -0.4 is 4.74 Å². The van der Waals surface area contributed by atoms with Gasteiger partial charge in [-0.25, -0.2) is 0 Å². The molecule has 33 heavy (non-hydrogen) atoms. The highest BCUT2D eigenvalue weighted by molar-refractivity contribution is 6.00. The van der Waals surface area contributed by atoms with Gasteiger partial charge in [-0.15, -0.1) is 0 Å². The quantitative estimate of drug-likeness (QED) is 0.705. The summed E-state index contributed by atoms with van der Waals surface area (Å²) >= 11 is 0. The van der Waals surface area contributed by atoms with Crippen molar-refractivity contribution in [2.45, 2.75) is 69.9 Å². The van der Waals surface area contributed by atoms with Crippen LogP contribution in [0.5, 0.6) is 5.75 Å². The number of hydrogen-bond acceptors (Lipinski definition) is 6. The van der Waals surface area contributed by atoms with Crippen molar-refractivity contribution in [2.75, 3.05) is 20.2 Å². The molecule has 2 saturated heterocycles. The summed E-state index contributed by atoms with van der Waals surface area (Å²) in [5, 5.41) is 3.92. The third-order valence-electron chi connectivity index (χ3n) is 7.57. The average Bonchev–Trinajstić information content (AvgIpc) is 3.47. The second kappa shape index (κ2) is 9.15. The Morgan fingerprint density at radius 3 is 2.73 bits per heavy atom. The number of carbonyl (C=O) groups excluding carboxylic acids is 2. The van der Waals surface area contributed by atoms with Crippen molar-refractivity contribution in [3.05, 3.63) is 41.5 Å². The fourth-order valence-electron chi connectivity index (χ4n) is 6.00. The van der Waals surface area contributed by atoms with Gasteiger partial charge in [0.25, 0.3) is 5.91 Å². The van der Waals surface area contributed by atoms with E-state index in [0.29, 0.717) is 42.0 Å². The summed E-state index contributed by atoms with van der Waals surface area (Å²) in [6, 6.07) is 7.00. The van der Waals surface area contributed by atoms with Crippen molar-refractivity contribution in [1.82, 2.24) is 19.9 Å². The molecule has 1 saturated carbocycles. The molecule has 4 atom stereocenters. The van der Waals surface area contributed by atoms with Crippen LogP contribution in [0.2, 0.25) is 0 Å². The van der Waals surface area contributed by atoms with Crippen molar-refractivity contribution in [2.24, 2.45) is 5.92 Å². The van der Waals surface area contributed by atoms with Crippen molar-refractivity contribution in [1.29, 1.82) is 0 Å². The number of para-hydroxylation sites is 1. The molecule has 0 radical (unpaired) electrons. The number of rotatable bonds is 4. The number of nitrogens with zero attached hydrogens (tertiary/aromatic N) is 4. The smallest absolute Gasteiger partial charge is 0.258 e. The van der Waals surface area contributed by atoms with E-state index in [2.05, 4.69) is 10.1 Å². The van der Waals surface area contributed by atoms with Gasteiger partial charge in [0.1, 0.15) is 11.8 Å². The van der Waals surface area contributed by atoms with Crippen molar-refractivity contribution >= 4 is 11.8 Å². The SMILES string of the molecule is COc1ccccc1C(=O)N1C(C(=O)N2CCCC(c3nc(C)no3)C2)CC2CCCCC21. The van der Waals surface area contributed by atoms with E-state index in [1.807, 2.05) is 21.9 Å². The lowest BCUT2D eigenvalue weighted by Crippen LogP contribution is -2.52. The Morgan fingerprint density at radius 1 is 1.12 bits per heavy atom. The minimum atomic E-state index is -0.432. The van der Waals surface area contributed by atoms with Crippen LogP contribution in [-0.4, -0.2) is 64.0 Å². The maximum absolute atomic E-state index is 13.9. The zero-order chi connectivity index (χ0) is 22.9. The maximum atomic E-state index is 13.9. The Balaban J connectivity index is 1.41. The molecule has 4 unspecified atom stereocenters. The first-order valence-electron chi connectivity index (χ1n) is 12.1. The van der Waals surface area contributed by atoms with Crippen LogP contribution in [0.25, 0.3) is 0 Å². The molecular weight excluding hydrogens is 420 g/mol. The summed E-state index contributed by atoms with van der Waals surface area (Å²) in [6.07, 6.45) is 6.85. The number of methoxy groups -OCH3 is 1. The van der Waals surface area contributed by atoms with Crippen LogP contribution in [0.15, 0.2) is 28.8 Å². The van der Waals surface area contributed by atoms with Gasteiger partial charge >= 0.3 is 0 Å². The average molecular weight is 453 g/mol. The molecule has 5 rings (SSSR count). The summed E-state index contributed by atoms with van der Waals surface area (Å²) in [5.41, 5.74) is 0.530. The number of carbonyl (C=O) groups is 2. The minimum absolute atomic E-state index is 0.0472. The number of amides is 2. The van der Waals surface area contributed by atoms with E-state index >= 15 is 0 Å². The summed E-state index contributed by atoms with van der Waals surface area (Å²) < 4.78 is 10.9. The lowest BCUT2D eigenvalue weighted by atomic mass is 9.84. The van der Waals surface area contributed by atoms with E-state index in [1.165, 1.54) is 6.42 Å². The van der Waals surface area contributed by atoms with Crippen LogP contribution in [-0.2, 0) is 4.79 Å². The van der Waals surface area contributed by atoms with Crippen LogP contribution in [0, 0.1) is 12.8 Å². The van der Waals surface area contributed by atoms with E-state index in [4.69, 9.17) is 9.26 Å². The van der Waals surface area contributed by atoms with Gasteiger partial charge < -0.3 is 19.1 Å². The molecule has 2 amide bonds. The largest absolute Gasteiger partial charge is 0.496 e. The second-order valence-corrected chi connectivity index (χ2v) is 9.58. The van der Waals surface area contributed by atoms with Crippen LogP contribution in [0.4, 0.5) is 0 Å². The fourth-order valence-corrected chi connectivity index (χ4v) is 6.00. The van der Waals surface area contributed by atoms with E-state index < -0.39 is 6.04 Å². The van der Waals surface area contributed by atoms with Gasteiger partial charge in [0, 0.05) is 19.1 Å². The lowest BCUT2D eigenvalue weighted by molar-refractivity contribution is -0.137. The molecule has 0 bridgehead atoms. The maximum Gasteiger partial charge on any atom is 0.258 e. The Labute approximate surface area is 194 Å². The molecule has 0 N–H and O–H groups in total. The third-order valence-corrected chi connectivity index (χ3v) is 7.57. The first-order valence-corrected chi connectivity index (χ1v) is 12.1. The number of aryl methyl sites for hydroxylation is 1. The number of likely N-dealkylation sites (tertiary alicyclic amines) is 2. The first kappa shape index (κ1) is 21.9. The molecule has 8 nitrogen and oxygen atoms in total. The molecule has 8 heteroatoms. The van der Waals surface area contributed by atoms with Crippen molar-refractivity contribution in [3.63, 3.8) is 0 Å². The highest BCUT2D eigenvalue weighted by Gasteiger charge is 2.49. The van der Waals surface area contributed by atoms with Crippen LogP contribution >= 0.6 is 0 Å². The monoisotopic (exact) mass is 452 g/mol. The number of benzene rings is 1. The van der Waals surface area contributed by atoms with E-state index in [1.54, 1.807) is 26.2 Å². The molecule has 3 heterocycles. The molecule has 2 aliphatic heterocycles. The van der Waals surface area contributed by atoms with Gasteiger partial charge in [-0.05, 0) is 57.1 Å². The summed E-state index contributed by atoms with van der Waals surface area (Å²) in [4.78, 5) is 35.9. The molecule has 3 fully saturated rings. The van der Waals surface area contributed by atoms with Crippen molar-refractivity contribution in [3.8, 4) is 5.75 Å². The van der Waals surface area contributed by atoms with Crippen molar-refractivity contribution < 1.29 is 18.8 Å². The van der Waals surface area contributed by atoms with Gasteiger partial charge in [-0.1, -0.05) is 30.1 Å². The van der Waals surface area contributed by atoms with E-state index in [-0.39, 0.29) is 23.8 Å². The predicted molar refractivity (Wildman–Crippen MR) is 121 cm³/mol. The van der Waals surface area contributed by atoms with Crippen LogP contribution in [0.1, 0.15) is 72.9 Å². The number of fused-ring (bicyclic) bond motifs is 1. The Morgan fingerprint density at radius 2 is 1.94 bits per heavy atom. The zero-order valence-corrected chi connectivity index (χ0v) is 19.4. The second-order valence-electron chi connectivity index (χ2n) is 9.58. The minimum Gasteiger partial charge on any atom is -0.496 e. The molecule has 1 aromatic carbocycles. The molecule has 176 valence electrons. The number of aromatic nitrogens is 2. The van der Waals surface area contributed by atoms with Gasteiger partial charge in [-0.2, -0.15) is 4.98 Å². The molecular formula is C25H32N4O4.